The van der Waals surface area contributed by atoms with Crippen molar-refractivity contribution in [3.63, 3.8) is 0 Å². The van der Waals surface area contributed by atoms with E-state index in [2.05, 4.69) is 37.3 Å². The molecule has 0 atom stereocenters. The lowest BCUT2D eigenvalue weighted by atomic mass is 10.1. The van der Waals surface area contributed by atoms with E-state index in [0.29, 0.717) is 0 Å². The Labute approximate surface area is 87.2 Å². The molecule has 0 aliphatic rings. The predicted molar refractivity (Wildman–Crippen MR) is 61.3 cm³/mol. The predicted octanol–water partition coefficient (Wildman–Crippen LogP) is 2.25. The van der Waals surface area contributed by atoms with Gasteiger partial charge in [-0.25, -0.2) is 0 Å². The molecule has 0 aliphatic carbocycles. The molecule has 0 bridgehead atoms. The second-order valence-corrected chi connectivity index (χ2v) is 2.59. The van der Waals surface area contributed by atoms with Crippen LogP contribution in [0.1, 0.15) is 25.3 Å². The molecule has 0 saturated heterocycles. The molecule has 2 heteroatoms. The fourth-order valence-electron chi connectivity index (χ4n) is 1.03. The number of hydrogen-bond acceptors (Lipinski definition) is 2. The number of aliphatic hydroxyl groups excluding tert-OH is 2. The number of aryl methyl sites for hydroxylation is 1. The van der Waals surface area contributed by atoms with Crippen molar-refractivity contribution in [2.75, 3.05) is 14.2 Å². The minimum Gasteiger partial charge on any atom is -0.400 e. The van der Waals surface area contributed by atoms with Crippen molar-refractivity contribution in [3.8, 4) is 0 Å². The quantitative estimate of drug-likeness (QED) is 0.782. The molecular weight excluding hydrogens is 176 g/mol. The maximum absolute atomic E-state index is 7.00. The summed E-state index contributed by atoms with van der Waals surface area (Å²) in [7, 11) is 2.00. The zero-order valence-corrected chi connectivity index (χ0v) is 9.40. The normalized spacial score (nSPS) is 7.79. The summed E-state index contributed by atoms with van der Waals surface area (Å²) in [5, 5.41) is 14.0. The summed E-state index contributed by atoms with van der Waals surface area (Å²) in [4.78, 5) is 0. The van der Waals surface area contributed by atoms with Gasteiger partial charge in [0.1, 0.15) is 0 Å². The molecule has 0 saturated carbocycles. The van der Waals surface area contributed by atoms with Crippen LogP contribution in [0.25, 0.3) is 0 Å². The molecular formula is C12H22O2. The van der Waals surface area contributed by atoms with Crippen LogP contribution in [0.15, 0.2) is 30.3 Å². The first kappa shape index (κ1) is 15.6. The molecule has 0 unspecified atom stereocenters. The Morgan fingerprint density at radius 1 is 0.929 bits per heavy atom. The Bertz CT molecular complexity index is 173. The summed E-state index contributed by atoms with van der Waals surface area (Å²) in [6, 6.07) is 10.6. The third-order valence-electron chi connectivity index (χ3n) is 1.66. The highest BCUT2D eigenvalue weighted by atomic mass is 16.2. The van der Waals surface area contributed by atoms with Crippen LogP contribution >= 0.6 is 0 Å². The fourth-order valence-corrected chi connectivity index (χ4v) is 1.03. The molecule has 2 nitrogen and oxygen atoms in total. The van der Waals surface area contributed by atoms with Crippen molar-refractivity contribution in [1.29, 1.82) is 0 Å². The van der Waals surface area contributed by atoms with Gasteiger partial charge in [0.05, 0.1) is 0 Å². The van der Waals surface area contributed by atoms with Crippen LogP contribution in [-0.4, -0.2) is 24.4 Å². The third kappa shape index (κ3) is 9.23. The highest BCUT2D eigenvalue weighted by Crippen LogP contribution is 2.03. The molecule has 0 aromatic heterocycles. The Morgan fingerprint density at radius 3 is 1.86 bits per heavy atom. The van der Waals surface area contributed by atoms with Crippen molar-refractivity contribution in [2.45, 2.75) is 26.2 Å². The van der Waals surface area contributed by atoms with Gasteiger partial charge < -0.3 is 10.2 Å². The summed E-state index contributed by atoms with van der Waals surface area (Å²) in [6.45, 7) is 2.23. The fraction of sp³-hybridized carbons (Fsp3) is 0.500. The molecule has 0 radical (unpaired) electrons. The molecule has 14 heavy (non-hydrogen) atoms. The lowest BCUT2D eigenvalue weighted by molar-refractivity contribution is 0.399. The van der Waals surface area contributed by atoms with Crippen molar-refractivity contribution in [3.05, 3.63) is 35.9 Å². The van der Waals surface area contributed by atoms with Gasteiger partial charge in [-0.15, -0.1) is 0 Å². The molecule has 0 spiro atoms. The lowest BCUT2D eigenvalue weighted by Crippen LogP contribution is -1.81. The van der Waals surface area contributed by atoms with Gasteiger partial charge >= 0.3 is 0 Å². The maximum atomic E-state index is 7.00. The van der Waals surface area contributed by atoms with E-state index < -0.39 is 0 Å². The minimum atomic E-state index is 1.00. The summed E-state index contributed by atoms with van der Waals surface area (Å²) in [5.41, 5.74) is 1.46. The van der Waals surface area contributed by atoms with E-state index in [4.69, 9.17) is 10.2 Å². The summed E-state index contributed by atoms with van der Waals surface area (Å²) >= 11 is 0. The summed E-state index contributed by atoms with van der Waals surface area (Å²) in [6.07, 6.45) is 3.83. The number of aliphatic hydroxyl groups is 2. The van der Waals surface area contributed by atoms with Gasteiger partial charge in [0.2, 0.25) is 0 Å². The summed E-state index contributed by atoms with van der Waals surface area (Å²) in [5.74, 6) is 0. The van der Waals surface area contributed by atoms with E-state index in [1.54, 1.807) is 0 Å². The average molecular weight is 198 g/mol. The Morgan fingerprint density at radius 2 is 1.43 bits per heavy atom. The van der Waals surface area contributed by atoms with E-state index in [1.807, 2.05) is 0 Å². The standard InChI is InChI=1S/C10H14.2CH4O/c1-2-3-7-10-8-5-4-6-9-10;2*1-2/h4-6,8-9H,2-3,7H2,1H3;2*2H,1H3. The molecule has 0 heterocycles. The first-order valence-corrected chi connectivity index (χ1v) is 4.87. The number of unbranched alkanes of at least 4 members (excludes halogenated alkanes) is 1. The van der Waals surface area contributed by atoms with Gasteiger partial charge in [0.15, 0.2) is 0 Å². The van der Waals surface area contributed by atoms with Gasteiger partial charge in [0.25, 0.3) is 0 Å². The number of benzene rings is 1. The van der Waals surface area contributed by atoms with E-state index in [-0.39, 0.29) is 0 Å². The van der Waals surface area contributed by atoms with Crippen molar-refractivity contribution < 1.29 is 10.2 Å². The molecule has 1 aromatic rings. The molecule has 0 fully saturated rings. The van der Waals surface area contributed by atoms with Crippen LogP contribution in [0.2, 0.25) is 0 Å². The second-order valence-electron chi connectivity index (χ2n) is 2.59. The monoisotopic (exact) mass is 198 g/mol. The molecule has 1 aromatic carbocycles. The lowest BCUT2D eigenvalue weighted by Gasteiger charge is -1.96. The van der Waals surface area contributed by atoms with Crippen LogP contribution < -0.4 is 0 Å². The van der Waals surface area contributed by atoms with Crippen molar-refractivity contribution in [1.82, 2.24) is 0 Å². The van der Waals surface area contributed by atoms with E-state index >= 15 is 0 Å². The van der Waals surface area contributed by atoms with Crippen LogP contribution in [0.4, 0.5) is 0 Å². The smallest absolute Gasteiger partial charge is 0.0319 e. The first-order valence-electron chi connectivity index (χ1n) is 4.87. The minimum absolute atomic E-state index is 1.00. The van der Waals surface area contributed by atoms with Crippen LogP contribution in [0, 0.1) is 0 Å². The van der Waals surface area contributed by atoms with Gasteiger partial charge in [0, 0.05) is 14.2 Å². The SMILES string of the molecule is CCCCc1ccccc1.CO.CO. The topological polar surface area (TPSA) is 40.5 Å². The Hall–Kier alpha value is -0.860. The van der Waals surface area contributed by atoms with E-state index in [9.17, 15) is 0 Å². The molecule has 2 N–H and O–H groups in total. The van der Waals surface area contributed by atoms with Crippen LogP contribution in [-0.2, 0) is 6.42 Å². The third-order valence-corrected chi connectivity index (χ3v) is 1.66. The van der Waals surface area contributed by atoms with Crippen LogP contribution in [0.3, 0.4) is 0 Å². The highest BCUT2D eigenvalue weighted by molar-refractivity contribution is 5.14. The van der Waals surface area contributed by atoms with E-state index in [1.165, 1.54) is 24.8 Å². The zero-order chi connectivity index (χ0) is 11.2. The van der Waals surface area contributed by atoms with Gasteiger partial charge in [-0.2, -0.15) is 0 Å². The van der Waals surface area contributed by atoms with Gasteiger partial charge in [-0.3, -0.25) is 0 Å². The zero-order valence-electron chi connectivity index (χ0n) is 9.40. The second kappa shape index (κ2) is 14.7. The van der Waals surface area contributed by atoms with E-state index in [0.717, 1.165) is 14.2 Å². The first-order chi connectivity index (χ1) is 6.93. The Kier molecular flexibility index (Phi) is 16.3. The summed E-state index contributed by atoms with van der Waals surface area (Å²) < 4.78 is 0. The van der Waals surface area contributed by atoms with Crippen molar-refractivity contribution >= 4 is 0 Å². The highest BCUT2D eigenvalue weighted by Gasteiger charge is 1.87. The van der Waals surface area contributed by atoms with Crippen LogP contribution in [0.5, 0.6) is 0 Å². The molecule has 82 valence electrons. The average Bonchev–Trinajstić information content (AvgIpc) is 2.33. The maximum Gasteiger partial charge on any atom is 0.0319 e. The van der Waals surface area contributed by atoms with Crippen molar-refractivity contribution in [2.24, 2.45) is 0 Å². The largest absolute Gasteiger partial charge is 0.400 e. The number of rotatable bonds is 3. The van der Waals surface area contributed by atoms with Gasteiger partial charge in [-0.1, -0.05) is 43.7 Å². The Balaban J connectivity index is 0. The van der Waals surface area contributed by atoms with Gasteiger partial charge in [-0.05, 0) is 18.4 Å². The molecule has 0 aliphatic heterocycles. The number of hydrogen-bond donors (Lipinski definition) is 2. The molecule has 1 rings (SSSR count). The molecule has 0 amide bonds.